The molecule has 3 rings (SSSR count). The van der Waals surface area contributed by atoms with Gasteiger partial charge in [0.2, 0.25) is 0 Å². The highest BCUT2D eigenvalue weighted by atomic mass is 32.2. The number of sulfone groups is 1. The van der Waals surface area contributed by atoms with Crippen molar-refractivity contribution in [3.8, 4) is 0 Å². The minimum Gasteiger partial charge on any atom is -0.370 e. The molecule has 3 aromatic carbocycles. The van der Waals surface area contributed by atoms with E-state index < -0.39 is 9.84 Å². The maximum absolute atomic E-state index is 11.5. The van der Waals surface area contributed by atoms with E-state index in [2.05, 4.69) is 35.2 Å². The Bertz CT molecular complexity index is 926. The molecule has 0 aliphatic carbocycles. The summed E-state index contributed by atoms with van der Waals surface area (Å²) in [7, 11) is -1.14. The quantitative estimate of drug-likeness (QED) is 0.730. The number of benzene rings is 3. The van der Waals surface area contributed by atoms with Crippen LogP contribution in [0.2, 0.25) is 0 Å². The van der Waals surface area contributed by atoms with Gasteiger partial charge in [-0.15, -0.1) is 0 Å². The van der Waals surface area contributed by atoms with Crippen molar-refractivity contribution in [2.75, 3.05) is 18.2 Å². The Balaban J connectivity index is 1.87. The van der Waals surface area contributed by atoms with Gasteiger partial charge in [-0.3, -0.25) is 0 Å². The van der Waals surface area contributed by atoms with Crippen LogP contribution >= 0.6 is 0 Å². The van der Waals surface area contributed by atoms with Crippen molar-refractivity contribution in [2.45, 2.75) is 11.4 Å². The average Bonchev–Trinajstić information content (AvgIpc) is 2.54. The first kappa shape index (κ1) is 15.6. The van der Waals surface area contributed by atoms with Gasteiger partial charge in [-0.2, -0.15) is 0 Å². The summed E-state index contributed by atoms with van der Waals surface area (Å²) in [6.45, 7) is 0.763. The van der Waals surface area contributed by atoms with E-state index >= 15 is 0 Å². The third-order valence-corrected chi connectivity index (χ3v) is 5.12. The Labute approximate surface area is 137 Å². The van der Waals surface area contributed by atoms with Gasteiger partial charge in [-0.05, 0) is 40.6 Å². The van der Waals surface area contributed by atoms with Gasteiger partial charge in [0.25, 0.3) is 0 Å². The molecule has 0 aromatic heterocycles. The van der Waals surface area contributed by atoms with Crippen LogP contribution in [0.5, 0.6) is 0 Å². The molecule has 0 aliphatic rings. The predicted octanol–water partition coefficient (Wildman–Crippen LogP) is 3.88. The van der Waals surface area contributed by atoms with Gasteiger partial charge >= 0.3 is 0 Å². The SMILES string of the molecule is CN(Cc1cccc2ccccc12)c1ccc(S(C)(=O)=O)cc1. The van der Waals surface area contributed by atoms with Crippen molar-refractivity contribution in [2.24, 2.45) is 0 Å². The number of rotatable bonds is 4. The van der Waals surface area contributed by atoms with Crippen molar-refractivity contribution >= 4 is 26.3 Å². The molecule has 0 N–H and O–H groups in total. The third kappa shape index (κ3) is 3.37. The first-order valence-corrected chi connectivity index (χ1v) is 9.32. The van der Waals surface area contributed by atoms with Crippen molar-refractivity contribution in [1.29, 1.82) is 0 Å². The van der Waals surface area contributed by atoms with Crippen LogP contribution in [0.25, 0.3) is 10.8 Å². The maximum Gasteiger partial charge on any atom is 0.175 e. The van der Waals surface area contributed by atoms with Crippen LogP contribution in [0.3, 0.4) is 0 Å². The van der Waals surface area contributed by atoms with E-state index in [0.717, 1.165) is 12.2 Å². The number of fused-ring (bicyclic) bond motifs is 1. The number of nitrogens with zero attached hydrogens (tertiary/aromatic N) is 1. The van der Waals surface area contributed by atoms with Crippen LogP contribution in [-0.2, 0) is 16.4 Å². The summed E-state index contributed by atoms with van der Waals surface area (Å²) in [4.78, 5) is 2.47. The third-order valence-electron chi connectivity index (χ3n) is 3.99. The second-order valence-corrected chi connectivity index (χ2v) is 7.78. The fourth-order valence-electron chi connectivity index (χ4n) is 2.72. The normalized spacial score (nSPS) is 11.6. The molecule has 0 saturated carbocycles. The monoisotopic (exact) mass is 325 g/mol. The molecule has 0 bridgehead atoms. The molecule has 4 heteroatoms. The van der Waals surface area contributed by atoms with Crippen molar-refractivity contribution in [3.05, 3.63) is 72.3 Å². The maximum atomic E-state index is 11.5. The van der Waals surface area contributed by atoms with Crippen LogP contribution < -0.4 is 4.90 Å². The fourth-order valence-corrected chi connectivity index (χ4v) is 3.36. The second kappa shape index (κ2) is 6.05. The fraction of sp³-hybridized carbons (Fsp3) is 0.158. The molecule has 0 radical (unpaired) electrons. The summed E-state index contributed by atoms with van der Waals surface area (Å²) in [5.41, 5.74) is 2.24. The summed E-state index contributed by atoms with van der Waals surface area (Å²) < 4.78 is 23.1. The molecule has 118 valence electrons. The van der Waals surface area contributed by atoms with Gasteiger partial charge in [-0.25, -0.2) is 8.42 Å². The lowest BCUT2D eigenvalue weighted by Gasteiger charge is -2.20. The zero-order chi connectivity index (χ0) is 16.4. The van der Waals surface area contributed by atoms with E-state index in [9.17, 15) is 8.42 Å². The van der Waals surface area contributed by atoms with E-state index in [1.54, 1.807) is 12.1 Å². The minimum absolute atomic E-state index is 0.347. The molecule has 0 amide bonds. The molecule has 3 aromatic rings. The first-order chi connectivity index (χ1) is 10.9. The molecule has 0 spiro atoms. The van der Waals surface area contributed by atoms with Crippen molar-refractivity contribution in [1.82, 2.24) is 0 Å². The summed E-state index contributed by atoms with van der Waals surface area (Å²) in [6, 6.07) is 21.6. The van der Waals surface area contributed by atoms with Gasteiger partial charge in [0, 0.05) is 25.5 Å². The molecule has 0 aliphatic heterocycles. The van der Waals surface area contributed by atoms with Gasteiger partial charge in [-0.1, -0.05) is 42.5 Å². The Kier molecular flexibility index (Phi) is 4.09. The van der Waals surface area contributed by atoms with Gasteiger partial charge in [0.1, 0.15) is 0 Å². The highest BCUT2D eigenvalue weighted by Gasteiger charge is 2.09. The van der Waals surface area contributed by atoms with Crippen LogP contribution in [0, 0.1) is 0 Å². The molecule has 0 saturated heterocycles. The molecule has 0 heterocycles. The number of hydrogen-bond donors (Lipinski definition) is 0. The molecule has 3 nitrogen and oxygen atoms in total. The van der Waals surface area contributed by atoms with Crippen molar-refractivity contribution < 1.29 is 8.42 Å². The van der Waals surface area contributed by atoms with Crippen molar-refractivity contribution in [3.63, 3.8) is 0 Å². The van der Waals surface area contributed by atoms with E-state index in [1.807, 2.05) is 31.3 Å². The predicted molar refractivity (Wildman–Crippen MR) is 95.6 cm³/mol. The summed E-state index contributed by atoms with van der Waals surface area (Å²) in [5, 5.41) is 2.47. The molecule has 23 heavy (non-hydrogen) atoms. The number of anilines is 1. The van der Waals surface area contributed by atoms with Crippen LogP contribution in [0.15, 0.2) is 71.6 Å². The van der Waals surface area contributed by atoms with Crippen LogP contribution in [0.4, 0.5) is 5.69 Å². The lowest BCUT2D eigenvalue weighted by atomic mass is 10.0. The highest BCUT2D eigenvalue weighted by molar-refractivity contribution is 7.90. The van der Waals surface area contributed by atoms with Crippen LogP contribution in [-0.4, -0.2) is 21.7 Å². The first-order valence-electron chi connectivity index (χ1n) is 7.43. The Morgan fingerprint density at radius 1 is 0.870 bits per heavy atom. The van der Waals surface area contributed by atoms with Gasteiger partial charge in [0.15, 0.2) is 9.84 Å². The standard InChI is InChI=1S/C19H19NO2S/c1-20(17-10-12-18(13-11-17)23(2,21)22)14-16-8-5-7-15-6-3-4-9-19(15)16/h3-13H,14H2,1-2H3. The highest BCUT2D eigenvalue weighted by Crippen LogP contribution is 2.23. The Morgan fingerprint density at radius 3 is 2.22 bits per heavy atom. The lowest BCUT2D eigenvalue weighted by Crippen LogP contribution is -2.16. The molecule has 0 atom stereocenters. The largest absolute Gasteiger partial charge is 0.370 e. The van der Waals surface area contributed by atoms with Gasteiger partial charge < -0.3 is 4.90 Å². The average molecular weight is 325 g/mol. The topological polar surface area (TPSA) is 37.4 Å². The van der Waals surface area contributed by atoms with E-state index in [1.165, 1.54) is 22.6 Å². The summed E-state index contributed by atoms with van der Waals surface area (Å²) in [6.07, 6.45) is 1.22. The minimum atomic E-state index is -3.15. The number of hydrogen-bond acceptors (Lipinski definition) is 3. The second-order valence-electron chi connectivity index (χ2n) is 5.76. The lowest BCUT2D eigenvalue weighted by molar-refractivity contribution is 0.602. The van der Waals surface area contributed by atoms with Gasteiger partial charge in [0.05, 0.1) is 4.90 Å². The molecular formula is C19H19NO2S. The van der Waals surface area contributed by atoms with E-state index in [-0.39, 0.29) is 0 Å². The molecular weight excluding hydrogens is 306 g/mol. The van der Waals surface area contributed by atoms with Crippen LogP contribution in [0.1, 0.15) is 5.56 Å². The summed E-state index contributed by atoms with van der Waals surface area (Å²) in [5.74, 6) is 0. The Hall–Kier alpha value is -2.33. The zero-order valence-corrected chi connectivity index (χ0v) is 14.0. The molecule has 0 fully saturated rings. The van der Waals surface area contributed by atoms with E-state index in [0.29, 0.717) is 4.90 Å². The van der Waals surface area contributed by atoms with E-state index in [4.69, 9.17) is 0 Å². The summed E-state index contributed by atoms with van der Waals surface area (Å²) >= 11 is 0. The Morgan fingerprint density at radius 2 is 1.52 bits per heavy atom. The molecule has 0 unspecified atom stereocenters. The zero-order valence-electron chi connectivity index (χ0n) is 13.2. The smallest absolute Gasteiger partial charge is 0.175 e.